The van der Waals surface area contributed by atoms with Crippen molar-refractivity contribution in [3.63, 3.8) is 0 Å². The van der Waals surface area contributed by atoms with Gasteiger partial charge in [-0.25, -0.2) is 0 Å². The number of rotatable bonds is 5. The van der Waals surface area contributed by atoms with Crippen molar-refractivity contribution >= 4 is 17.5 Å². The maximum atomic E-state index is 13.2. The molecule has 2 aromatic rings. The van der Waals surface area contributed by atoms with Gasteiger partial charge in [0.25, 0.3) is 0 Å². The largest absolute Gasteiger partial charge is 0.508 e. The molecule has 1 saturated heterocycles. The van der Waals surface area contributed by atoms with Crippen LogP contribution in [-0.2, 0) is 16.8 Å². The van der Waals surface area contributed by atoms with Crippen molar-refractivity contribution in [1.29, 1.82) is 0 Å². The number of carbonyl (C=O) groups excluding carboxylic acids is 1. The first-order chi connectivity index (χ1) is 13.5. The van der Waals surface area contributed by atoms with Crippen molar-refractivity contribution < 1.29 is 9.90 Å². The summed E-state index contributed by atoms with van der Waals surface area (Å²) in [6, 6.07) is 15.3. The van der Waals surface area contributed by atoms with Crippen molar-refractivity contribution in [3.8, 4) is 5.75 Å². The van der Waals surface area contributed by atoms with Gasteiger partial charge in [-0.05, 0) is 67.6 Å². The zero-order valence-corrected chi connectivity index (χ0v) is 16.8. The Labute approximate surface area is 171 Å². The van der Waals surface area contributed by atoms with Gasteiger partial charge in [-0.15, -0.1) is 0 Å². The molecule has 2 aliphatic rings. The topological polar surface area (TPSA) is 52.6 Å². The minimum absolute atomic E-state index is 0.158. The third-order valence-corrected chi connectivity index (χ3v) is 6.45. The summed E-state index contributed by atoms with van der Waals surface area (Å²) in [5.41, 5.74) is 1.79. The molecule has 0 bridgehead atoms. The number of nitrogens with zero attached hydrogens (tertiary/aromatic N) is 1. The Kier molecular flexibility index (Phi) is 5.61. The van der Waals surface area contributed by atoms with Gasteiger partial charge in [0, 0.05) is 24.2 Å². The van der Waals surface area contributed by atoms with Crippen molar-refractivity contribution in [2.24, 2.45) is 0 Å². The lowest BCUT2D eigenvalue weighted by Gasteiger charge is -2.43. The van der Waals surface area contributed by atoms with Crippen LogP contribution in [0.2, 0.25) is 5.02 Å². The van der Waals surface area contributed by atoms with Crippen molar-refractivity contribution in [3.05, 3.63) is 64.7 Å². The van der Waals surface area contributed by atoms with Gasteiger partial charge >= 0.3 is 0 Å². The third-order valence-electron chi connectivity index (χ3n) is 6.20. The predicted molar refractivity (Wildman–Crippen MR) is 112 cm³/mol. The Hall–Kier alpha value is -2.04. The van der Waals surface area contributed by atoms with Crippen LogP contribution in [0.1, 0.15) is 43.2 Å². The number of halogens is 1. The summed E-state index contributed by atoms with van der Waals surface area (Å²) in [5.74, 6) is 0.458. The van der Waals surface area contributed by atoms with Gasteiger partial charge in [-0.1, -0.05) is 42.3 Å². The van der Waals surface area contributed by atoms with Gasteiger partial charge in [0.2, 0.25) is 5.91 Å². The van der Waals surface area contributed by atoms with E-state index in [1.54, 1.807) is 6.07 Å². The number of hydrogen-bond donors (Lipinski definition) is 2. The van der Waals surface area contributed by atoms with Gasteiger partial charge in [0.1, 0.15) is 5.75 Å². The average Bonchev–Trinajstić information content (AvgIpc) is 2.63. The van der Waals surface area contributed by atoms with Gasteiger partial charge in [-0.3, -0.25) is 9.69 Å². The summed E-state index contributed by atoms with van der Waals surface area (Å²) in [6.45, 7) is 2.66. The molecule has 2 fully saturated rings. The van der Waals surface area contributed by atoms with Crippen LogP contribution in [0.3, 0.4) is 0 Å². The van der Waals surface area contributed by atoms with Crippen molar-refractivity contribution in [2.75, 3.05) is 13.1 Å². The minimum Gasteiger partial charge on any atom is -0.508 e. The van der Waals surface area contributed by atoms with Gasteiger partial charge < -0.3 is 10.4 Å². The Morgan fingerprint density at radius 1 is 1.18 bits per heavy atom. The number of piperidine rings is 1. The summed E-state index contributed by atoms with van der Waals surface area (Å²) in [4.78, 5) is 15.6. The standard InChI is InChI=1S/C23H27ClN2O2/c24-19-9-7-18(8-10-19)23(11-3-12-23)22(28)25-20-5-2-13-26(16-20)15-17-4-1-6-21(27)14-17/h1,4,6-10,14,20,27H,2-3,5,11-13,15-16H2,(H,25,28). The molecule has 2 N–H and O–H groups in total. The van der Waals surface area contributed by atoms with E-state index in [4.69, 9.17) is 11.6 Å². The average molecular weight is 399 g/mol. The molecule has 0 radical (unpaired) electrons. The van der Waals surface area contributed by atoms with E-state index in [9.17, 15) is 9.90 Å². The number of benzene rings is 2. The second-order valence-corrected chi connectivity index (χ2v) is 8.60. The summed E-state index contributed by atoms with van der Waals surface area (Å²) in [7, 11) is 0. The van der Waals surface area contributed by atoms with E-state index >= 15 is 0 Å². The maximum absolute atomic E-state index is 13.2. The lowest BCUT2D eigenvalue weighted by Crippen LogP contribution is -2.55. The van der Waals surface area contributed by atoms with E-state index in [2.05, 4.69) is 10.2 Å². The van der Waals surface area contributed by atoms with E-state index in [1.165, 1.54) is 0 Å². The smallest absolute Gasteiger partial charge is 0.230 e. The van der Waals surface area contributed by atoms with E-state index in [0.717, 1.165) is 62.9 Å². The molecule has 1 heterocycles. The first-order valence-electron chi connectivity index (χ1n) is 10.1. The molecule has 0 aromatic heterocycles. The second kappa shape index (κ2) is 8.14. The molecule has 148 valence electrons. The molecule has 4 nitrogen and oxygen atoms in total. The lowest BCUT2D eigenvalue weighted by molar-refractivity contribution is -0.131. The molecule has 28 heavy (non-hydrogen) atoms. The van der Waals surface area contributed by atoms with Crippen LogP contribution < -0.4 is 5.32 Å². The highest BCUT2D eigenvalue weighted by Gasteiger charge is 2.46. The Bertz CT molecular complexity index is 833. The van der Waals surface area contributed by atoms with Crippen LogP contribution in [0, 0.1) is 0 Å². The summed E-state index contributed by atoms with van der Waals surface area (Å²) >= 11 is 6.03. The highest BCUT2D eigenvalue weighted by molar-refractivity contribution is 6.30. The predicted octanol–water partition coefficient (Wildman–Crippen LogP) is 4.25. The van der Waals surface area contributed by atoms with Crippen LogP contribution in [0.15, 0.2) is 48.5 Å². The molecule has 5 heteroatoms. The fourth-order valence-electron chi connectivity index (χ4n) is 4.50. The normalized spacial score (nSPS) is 21.7. The first kappa shape index (κ1) is 19.3. The molecule has 1 saturated carbocycles. The minimum atomic E-state index is -0.391. The van der Waals surface area contributed by atoms with Crippen molar-refractivity contribution in [2.45, 2.75) is 50.1 Å². The molecule has 1 unspecified atom stereocenters. The molecular weight excluding hydrogens is 372 g/mol. The van der Waals surface area contributed by atoms with Gasteiger partial charge in [0.05, 0.1) is 5.41 Å². The molecule has 1 aliphatic carbocycles. The second-order valence-electron chi connectivity index (χ2n) is 8.16. The lowest BCUT2D eigenvalue weighted by atomic mass is 9.63. The fraction of sp³-hybridized carbons (Fsp3) is 0.435. The van der Waals surface area contributed by atoms with Gasteiger partial charge in [0.15, 0.2) is 0 Å². The highest BCUT2D eigenvalue weighted by Crippen LogP contribution is 2.44. The first-order valence-corrected chi connectivity index (χ1v) is 10.5. The van der Waals surface area contributed by atoms with E-state index < -0.39 is 5.41 Å². The maximum Gasteiger partial charge on any atom is 0.230 e. The summed E-state index contributed by atoms with van der Waals surface area (Å²) in [6.07, 6.45) is 4.97. The SMILES string of the molecule is O=C(NC1CCCN(Cc2cccc(O)c2)C1)C1(c2ccc(Cl)cc2)CCC1. The zero-order chi connectivity index (χ0) is 19.6. The number of hydrogen-bond acceptors (Lipinski definition) is 3. The Balaban J connectivity index is 1.40. The third kappa shape index (κ3) is 4.03. The fourth-order valence-corrected chi connectivity index (χ4v) is 4.63. The Morgan fingerprint density at radius 3 is 2.64 bits per heavy atom. The molecule has 2 aromatic carbocycles. The quantitative estimate of drug-likeness (QED) is 0.791. The number of phenols is 1. The number of nitrogens with one attached hydrogen (secondary N) is 1. The van der Waals surface area contributed by atoms with E-state index in [0.29, 0.717) is 10.8 Å². The van der Waals surface area contributed by atoms with Crippen LogP contribution in [0.5, 0.6) is 5.75 Å². The van der Waals surface area contributed by atoms with Crippen LogP contribution in [-0.4, -0.2) is 35.0 Å². The molecule has 4 rings (SSSR count). The van der Waals surface area contributed by atoms with Crippen LogP contribution in [0.25, 0.3) is 0 Å². The molecule has 0 spiro atoms. The van der Waals surface area contributed by atoms with E-state index in [1.807, 2.05) is 42.5 Å². The van der Waals surface area contributed by atoms with Gasteiger partial charge in [-0.2, -0.15) is 0 Å². The summed E-state index contributed by atoms with van der Waals surface area (Å²) in [5, 5.41) is 13.7. The number of phenolic OH excluding ortho intramolecular Hbond substituents is 1. The zero-order valence-electron chi connectivity index (χ0n) is 16.0. The number of carbonyl (C=O) groups is 1. The van der Waals surface area contributed by atoms with E-state index in [-0.39, 0.29) is 11.9 Å². The highest BCUT2D eigenvalue weighted by atomic mass is 35.5. The van der Waals surface area contributed by atoms with Crippen LogP contribution in [0.4, 0.5) is 0 Å². The number of likely N-dealkylation sites (tertiary alicyclic amines) is 1. The molecule has 1 aliphatic heterocycles. The molecule has 1 amide bonds. The van der Waals surface area contributed by atoms with Crippen molar-refractivity contribution in [1.82, 2.24) is 10.2 Å². The van der Waals surface area contributed by atoms with Crippen LogP contribution >= 0.6 is 11.6 Å². The molecule has 1 atom stereocenters. The Morgan fingerprint density at radius 2 is 1.96 bits per heavy atom. The number of aromatic hydroxyl groups is 1. The molecular formula is C23H27ClN2O2. The number of amides is 1. The monoisotopic (exact) mass is 398 g/mol. The summed E-state index contributed by atoms with van der Waals surface area (Å²) < 4.78 is 0.